The highest BCUT2D eigenvalue weighted by atomic mass is 35.5. The molecular formula is C19H21ClN4O4S. The summed E-state index contributed by atoms with van der Waals surface area (Å²) in [7, 11) is -3.76. The summed E-state index contributed by atoms with van der Waals surface area (Å²) in [5.74, 6) is 0.810. The first kappa shape index (κ1) is 19.9. The largest absolute Gasteiger partial charge is 0.451 e. The van der Waals surface area contributed by atoms with Gasteiger partial charge in [0.1, 0.15) is 6.26 Å². The summed E-state index contributed by atoms with van der Waals surface area (Å²) >= 11 is 6.25. The molecule has 29 heavy (non-hydrogen) atoms. The zero-order valence-corrected chi connectivity index (χ0v) is 17.7. The van der Waals surface area contributed by atoms with E-state index in [9.17, 15) is 8.42 Å². The summed E-state index contributed by atoms with van der Waals surface area (Å²) in [6.07, 6.45) is 1.32. The van der Waals surface area contributed by atoms with Gasteiger partial charge in [-0.25, -0.2) is 8.42 Å². The van der Waals surface area contributed by atoms with Crippen LogP contribution >= 0.6 is 11.6 Å². The highest BCUT2D eigenvalue weighted by Crippen LogP contribution is 2.29. The van der Waals surface area contributed by atoms with Crippen LogP contribution in [-0.2, 0) is 10.0 Å². The second kappa shape index (κ2) is 7.81. The van der Waals surface area contributed by atoms with E-state index >= 15 is 0 Å². The third-order valence-electron chi connectivity index (χ3n) is 4.78. The summed E-state index contributed by atoms with van der Waals surface area (Å²) in [5, 5.41) is 8.44. The fourth-order valence-electron chi connectivity index (χ4n) is 3.15. The Morgan fingerprint density at radius 1 is 1.10 bits per heavy atom. The van der Waals surface area contributed by atoms with Crippen LogP contribution < -0.4 is 4.90 Å². The van der Waals surface area contributed by atoms with Gasteiger partial charge in [-0.1, -0.05) is 37.6 Å². The van der Waals surface area contributed by atoms with Gasteiger partial charge in [-0.05, 0) is 12.1 Å². The van der Waals surface area contributed by atoms with Gasteiger partial charge in [0.15, 0.2) is 0 Å². The highest BCUT2D eigenvalue weighted by Gasteiger charge is 2.32. The zero-order valence-electron chi connectivity index (χ0n) is 16.1. The van der Waals surface area contributed by atoms with Crippen molar-refractivity contribution in [2.24, 2.45) is 0 Å². The molecular weight excluding hydrogens is 416 g/mol. The van der Waals surface area contributed by atoms with E-state index in [-0.39, 0.29) is 16.9 Å². The maximum Gasteiger partial charge on any atom is 0.276 e. The predicted molar refractivity (Wildman–Crippen MR) is 109 cm³/mol. The molecule has 0 aliphatic carbocycles. The van der Waals surface area contributed by atoms with Crippen molar-refractivity contribution in [2.75, 3.05) is 31.1 Å². The van der Waals surface area contributed by atoms with Gasteiger partial charge in [-0.15, -0.1) is 10.2 Å². The molecule has 1 aromatic carbocycles. The molecule has 0 spiro atoms. The van der Waals surface area contributed by atoms with Gasteiger partial charge in [0.05, 0.1) is 16.3 Å². The average molecular weight is 437 g/mol. The summed E-state index contributed by atoms with van der Waals surface area (Å²) in [5.41, 5.74) is 1.35. The van der Waals surface area contributed by atoms with Gasteiger partial charge in [0.2, 0.25) is 11.0 Å². The quantitative estimate of drug-likeness (QED) is 0.603. The van der Waals surface area contributed by atoms with Crippen LogP contribution in [-0.4, -0.2) is 49.1 Å². The first-order valence-corrected chi connectivity index (χ1v) is 11.1. The summed E-state index contributed by atoms with van der Waals surface area (Å²) in [6, 6.07) is 8.96. The number of benzene rings is 1. The van der Waals surface area contributed by atoms with Gasteiger partial charge in [-0.2, -0.15) is 4.31 Å². The number of hydrogen-bond acceptors (Lipinski definition) is 7. The number of hydrogen-bond donors (Lipinski definition) is 0. The van der Waals surface area contributed by atoms with Crippen molar-refractivity contribution in [3.8, 4) is 11.5 Å². The van der Waals surface area contributed by atoms with E-state index in [4.69, 9.17) is 20.4 Å². The minimum absolute atomic E-state index is 0.0840. The lowest BCUT2D eigenvalue weighted by Crippen LogP contribution is -2.48. The lowest BCUT2D eigenvalue weighted by Gasteiger charge is -2.35. The minimum Gasteiger partial charge on any atom is -0.451 e. The number of furan rings is 1. The number of sulfonamides is 1. The molecule has 0 saturated carbocycles. The van der Waals surface area contributed by atoms with Gasteiger partial charge in [0, 0.05) is 38.2 Å². The highest BCUT2D eigenvalue weighted by molar-refractivity contribution is 7.89. The minimum atomic E-state index is -3.76. The van der Waals surface area contributed by atoms with E-state index < -0.39 is 10.0 Å². The molecule has 0 unspecified atom stereocenters. The SMILES string of the molecule is CC(C)c1nnc(-c2coc(S(=O)(=O)N3CCN(c4ccccc4Cl)CC3)c2)o1. The number of rotatable bonds is 5. The van der Waals surface area contributed by atoms with Crippen LogP contribution in [0.3, 0.4) is 0 Å². The molecule has 3 heterocycles. The fraction of sp³-hybridized carbons (Fsp3) is 0.368. The normalized spacial score (nSPS) is 15.9. The Hall–Kier alpha value is -2.36. The molecule has 154 valence electrons. The van der Waals surface area contributed by atoms with E-state index in [1.54, 1.807) is 0 Å². The number of piperazine rings is 1. The van der Waals surface area contributed by atoms with Crippen LogP contribution in [0.2, 0.25) is 5.02 Å². The first-order valence-electron chi connectivity index (χ1n) is 9.28. The molecule has 1 aliphatic heterocycles. The van der Waals surface area contributed by atoms with Crippen molar-refractivity contribution in [1.82, 2.24) is 14.5 Å². The lowest BCUT2D eigenvalue weighted by atomic mass is 10.2. The van der Waals surface area contributed by atoms with Crippen LogP contribution in [0.4, 0.5) is 5.69 Å². The monoisotopic (exact) mass is 436 g/mol. The Bertz CT molecular complexity index is 1100. The van der Waals surface area contributed by atoms with Crippen molar-refractivity contribution in [1.29, 1.82) is 0 Å². The topological polar surface area (TPSA) is 92.7 Å². The van der Waals surface area contributed by atoms with E-state index in [0.29, 0.717) is 42.7 Å². The average Bonchev–Trinajstić information content (AvgIpc) is 3.38. The van der Waals surface area contributed by atoms with Crippen LogP contribution in [0, 0.1) is 0 Å². The van der Waals surface area contributed by atoms with Crippen molar-refractivity contribution in [2.45, 2.75) is 24.9 Å². The summed E-state index contributed by atoms with van der Waals surface area (Å²) < 4.78 is 38.3. The van der Waals surface area contributed by atoms with Crippen molar-refractivity contribution < 1.29 is 17.3 Å². The van der Waals surface area contributed by atoms with Crippen LogP contribution in [0.1, 0.15) is 25.7 Å². The Morgan fingerprint density at radius 2 is 1.83 bits per heavy atom. The number of para-hydroxylation sites is 1. The maximum absolute atomic E-state index is 13.0. The van der Waals surface area contributed by atoms with E-state index in [2.05, 4.69) is 15.1 Å². The Labute approximate surface area is 174 Å². The molecule has 8 nitrogen and oxygen atoms in total. The van der Waals surface area contributed by atoms with E-state index in [0.717, 1.165) is 5.69 Å². The Kier molecular flexibility index (Phi) is 5.37. The number of halogens is 1. The first-order chi connectivity index (χ1) is 13.9. The van der Waals surface area contributed by atoms with E-state index in [1.165, 1.54) is 16.6 Å². The molecule has 0 N–H and O–H groups in total. The predicted octanol–water partition coefficient (Wildman–Crippen LogP) is 3.62. The number of nitrogens with zero attached hydrogens (tertiary/aromatic N) is 4. The Balaban J connectivity index is 1.48. The molecule has 0 radical (unpaired) electrons. The molecule has 1 aliphatic rings. The summed E-state index contributed by atoms with van der Waals surface area (Å²) in [4.78, 5) is 2.08. The van der Waals surface area contributed by atoms with Crippen molar-refractivity contribution in [3.05, 3.63) is 47.5 Å². The molecule has 1 fully saturated rings. The molecule has 4 rings (SSSR count). The van der Waals surface area contributed by atoms with Gasteiger partial charge in [-0.3, -0.25) is 0 Å². The standard InChI is InChI=1S/C19H21ClN4O4S/c1-13(2)18-21-22-19(28-18)14-11-17(27-12-14)29(25,26)24-9-7-23(8-10-24)16-6-4-3-5-15(16)20/h3-6,11-13H,7-10H2,1-2H3. The molecule has 0 bridgehead atoms. The number of aromatic nitrogens is 2. The lowest BCUT2D eigenvalue weighted by molar-refractivity contribution is 0.362. The third-order valence-corrected chi connectivity index (χ3v) is 6.87. The Morgan fingerprint density at radius 3 is 2.48 bits per heavy atom. The molecule has 1 saturated heterocycles. The van der Waals surface area contributed by atoms with Gasteiger partial charge < -0.3 is 13.7 Å². The van der Waals surface area contributed by atoms with Gasteiger partial charge in [0.25, 0.3) is 15.9 Å². The van der Waals surface area contributed by atoms with E-state index in [1.807, 2.05) is 38.1 Å². The molecule has 10 heteroatoms. The molecule has 2 aromatic heterocycles. The second-order valence-corrected chi connectivity index (χ2v) is 9.37. The molecule has 0 atom stereocenters. The molecule has 3 aromatic rings. The number of anilines is 1. The van der Waals surface area contributed by atoms with Crippen LogP contribution in [0.25, 0.3) is 11.5 Å². The van der Waals surface area contributed by atoms with Crippen LogP contribution in [0.5, 0.6) is 0 Å². The second-order valence-electron chi connectivity index (χ2n) is 7.10. The zero-order chi connectivity index (χ0) is 20.6. The van der Waals surface area contributed by atoms with Crippen molar-refractivity contribution >= 4 is 27.3 Å². The van der Waals surface area contributed by atoms with Crippen LogP contribution in [0.15, 0.2) is 50.5 Å². The summed E-state index contributed by atoms with van der Waals surface area (Å²) in [6.45, 7) is 5.62. The molecule has 0 amide bonds. The smallest absolute Gasteiger partial charge is 0.276 e. The fourth-order valence-corrected chi connectivity index (χ4v) is 4.75. The van der Waals surface area contributed by atoms with Gasteiger partial charge >= 0.3 is 0 Å². The third kappa shape index (κ3) is 3.90. The van der Waals surface area contributed by atoms with Crippen molar-refractivity contribution in [3.63, 3.8) is 0 Å². The maximum atomic E-state index is 13.0.